The van der Waals surface area contributed by atoms with E-state index < -0.39 is 11.5 Å². The molecule has 1 saturated heterocycles. The molecule has 1 aliphatic rings. The van der Waals surface area contributed by atoms with Crippen LogP contribution in [0.3, 0.4) is 0 Å². The Kier molecular flexibility index (Phi) is 6.46. The lowest BCUT2D eigenvalue weighted by atomic mass is 9.89. The van der Waals surface area contributed by atoms with E-state index in [-0.39, 0.29) is 18.4 Å². The number of rotatable bonds is 8. The number of hydrogen-bond acceptors (Lipinski definition) is 3. The minimum absolute atomic E-state index is 0.104. The Labute approximate surface area is 121 Å². The molecule has 0 aromatic carbocycles. The lowest BCUT2D eigenvalue weighted by Gasteiger charge is -2.37. The molecule has 1 amide bonds. The third-order valence-corrected chi connectivity index (χ3v) is 4.00. The lowest BCUT2D eigenvalue weighted by Crippen LogP contribution is -2.56. The van der Waals surface area contributed by atoms with E-state index in [4.69, 9.17) is 5.11 Å². The van der Waals surface area contributed by atoms with E-state index in [1.165, 1.54) is 0 Å². The number of hydrogen-bond donors (Lipinski definition) is 2. The Morgan fingerprint density at radius 1 is 1.40 bits per heavy atom. The molecule has 0 radical (unpaired) electrons. The molecule has 1 heterocycles. The third kappa shape index (κ3) is 4.20. The van der Waals surface area contributed by atoms with E-state index in [1.807, 2.05) is 18.7 Å². The minimum atomic E-state index is -0.802. The summed E-state index contributed by atoms with van der Waals surface area (Å²) in [6, 6.07) is 0.104. The van der Waals surface area contributed by atoms with Crippen molar-refractivity contribution in [3.63, 3.8) is 0 Å². The van der Waals surface area contributed by atoms with Crippen molar-refractivity contribution >= 4 is 11.9 Å². The van der Waals surface area contributed by atoms with Gasteiger partial charge in [0.2, 0.25) is 5.91 Å². The summed E-state index contributed by atoms with van der Waals surface area (Å²) in [5.74, 6) is -0.652. The number of aliphatic carboxylic acids is 1. The molecule has 0 aromatic heterocycles. The van der Waals surface area contributed by atoms with Gasteiger partial charge >= 0.3 is 5.97 Å². The Morgan fingerprint density at radius 3 is 2.55 bits per heavy atom. The van der Waals surface area contributed by atoms with Crippen LogP contribution in [-0.2, 0) is 9.59 Å². The highest BCUT2D eigenvalue weighted by atomic mass is 16.4. The molecule has 1 fully saturated rings. The second-order valence-electron chi connectivity index (χ2n) is 5.95. The zero-order chi connectivity index (χ0) is 15.2. The highest BCUT2D eigenvalue weighted by Gasteiger charge is 2.42. The molecule has 0 spiro atoms. The number of carbonyl (C=O) groups is 2. The van der Waals surface area contributed by atoms with Crippen LogP contribution in [-0.4, -0.2) is 46.6 Å². The molecule has 20 heavy (non-hydrogen) atoms. The summed E-state index contributed by atoms with van der Waals surface area (Å²) in [6.07, 6.45) is 4.38. The topological polar surface area (TPSA) is 69.6 Å². The second-order valence-corrected chi connectivity index (χ2v) is 5.95. The van der Waals surface area contributed by atoms with Crippen LogP contribution >= 0.6 is 0 Å². The summed E-state index contributed by atoms with van der Waals surface area (Å²) in [4.78, 5) is 25.4. The van der Waals surface area contributed by atoms with Gasteiger partial charge in [0.1, 0.15) is 0 Å². The normalized spacial score (nSPS) is 22.2. The van der Waals surface area contributed by atoms with Gasteiger partial charge in [-0.25, -0.2) is 0 Å². The fourth-order valence-corrected chi connectivity index (χ4v) is 3.01. The molecule has 2 N–H and O–H groups in total. The van der Waals surface area contributed by atoms with E-state index in [9.17, 15) is 9.59 Å². The van der Waals surface area contributed by atoms with Gasteiger partial charge < -0.3 is 15.3 Å². The summed E-state index contributed by atoms with van der Waals surface area (Å²) in [7, 11) is 0. The highest BCUT2D eigenvalue weighted by molar-refractivity contribution is 5.87. The summed E-state index contributed by atoms with van der Waals surface area (Å²) < 4.78 is 0. The van der Waals surface area contributed by atoms with Crippen LogP contribution in [0.15, 0.2) is 0 Å². The van der Waals surface area contributed by atoms with E-state index in [2.05, 4.69) is 12.2 Å². The van der Waals surface area contributed by atoms with Crippen molar-refractivity contribution in [1.29, 1.82) is 0 Å². The SMILES string of the molecule is CCCC1(C(=O)N(CCCC(=O)O)C(C)C)CCCN1. The highest BCUT2D eigenvalue weighted by Crippen LogP contribution is 2.28. The monoisotopic (exact) mass is 284 g/mol. The molecule has 0 bridgehead atoms. The average molecular weight is 284 g/mol. The van der Waals surface area contributed by atoms with E-state index in [1.54, 1.807) is 0 Å². The van der Waals surface area contributed by atoms with E-state index in [0.717, 1.165) is 32.2 Å². The third-order valence-electron chi connectivity index (χ3n) is 4.00. The number of nitrogens with one attached hydrogen (secondary N) is 1. The van der Waals surface area contributed by atoms with Crippen molar-refractivity contribution in [2.24, 2.45) is 0 Å². The molecule has 1 aliphatic heterocycles. The molecule has 5 heteroatoms. The molecule has 0 aliphatic carbocycles. The van der Waals surface area contributed by atoms with Crippen molar-refractivity contribution in [1.82, 2.24) is 10.2 Å². The minimum Gasteiger partial charge on any atom is -0.481 e. The largest absolute Gasteiger partial charge is 0.481 e. The molecule has 0 aromatic rings. The van der Waals surface area contributed by atoms with Gasteiger partial charge in [0, 0.05) is 19.0 Å². The van der Waals surface area contributed by atoms with Gasteiger partial charge in [-0.3, -0.25) is 9.59 Å². The van der Waals surface area contributed by atoms with E-state index in [0.29, 0.717) is 13.0 Å². The Bertz CT molecular complexity index is 336. The molecule has 1 atom stereocenters. The van der Waals surface area contributed by atoms with Crippen LogP contribution < -0.4 is 5.32 Å². The van der Waals surface area contributed by atoms with Crippen LogP contribution in [0.25, 0.3) is 0 Å². The first-order valence-electron chi connectivity index (χ1n) is 7.71. The molecule has 1 unspecified atom stereocenters. The van der Waals surface area contributed by atoms with Crippen LogP contribution in [0.1, 0.15) is 59.3 Å². The first-order valence-corrected chi connectivity index (χ1v) is 7.71. The van der Waals surface area contributed by atoms with Gasteiger partial charge in [-0.1, -0.05) is 13.3 Å². The molecule has 0 saturated carbocycles. The predicted octanol–water partition coefficient (Wildman–Crippen LogP) is 2.01. The number of carboxylic acid groups (broad SMARTS) is 1. The van der Waals surface area contributed by atoms with Crippen molar-refractivity contribution < 1.29 is 14.7 Å². The molecule has 1 rings (SSSR count). The molecule has 5 nitrogen and oxygen atoms in total. The smallest absolute Gasteiger partial charge is 0.303 e. The Hall–Kier alpha value is -1.10. The number of amides is 1. The van der Waals surface area contributed by atoms with Crippen molar-refractivity contribution in [2.75, 3.05) is 13.1 Å². The maximum absolute atomic E-state index is 12.9. The van der Waals surface area contributed by atoms with Crippen LogP contribution in [0, 0.1) is 0 Å². The van der Waals surface area contributed by atoms with Gasteiger partial charge in [-0.2, -0.15) is 0 Å². The van der Waals surface area contributed by atoms with Crippen LogP contribution in [0.2, 0.25) is 0 Å². The standard InChI is InChI=1S/C15H28N2O3/c1-4-8-15(9-6-10-16-15)14(20)17(12(2)3)11-5-7-13(18)19/h12,16H,4-11H2,1-3H3,(H,18,19). The van der Waals surface area contributed by atoms with Gasteiger partial charge in [-0.05, 0) is 46.1 Å². The zero-order valence-electron chi connectivity index (χ0n) is 12.9. The zero-order valence-corrected chi connectivity index (χ0v) is 12.9. The summed E-state index contributed by atoms with van der Waals surface area (Å²) in [6.45, 7) is 7.50. The maximum Gasteiger partial charge on any atom is 0.303 e. The first kappa shape index (κ1) is 17.0. The fraction of sp³-hybridized carbons (Fsp3) is 0.867. The van der Waals surface area contributed by atoms with E-state index >= 15 is 0 Å². The summed E-state index contributed by atoms with van der Waals surface area (Å²) in [5.41, 5.74) is -0.414. The van der Waals surface area contributed by atoms with Crippen LogP contribution in [0.4, 0.5) is 0 Å². The van der Waals surface area contributed by atoms with Gasteiger partial charge in [0.05, 0.1) is 5.54 Å². The number of carboxylic acids is 1. The molecular weight excluding hydrogens is 256 g/mol. The van der Waals surface area contributed by atoms with Crippen molar-refractivity contribution in [3.8, 4) is 0 Å². The molecule has 116 valence electrons. The predicted molar refractivity (Wildman–Crippen MR) is 78.6 cm³/mol. The first-order chi connectivity index (χ1) is 9.43. The summed E-state index contributed by atoms with van der Waals surface area (Å²) in [5, 5.41) is 12.1. The van der Waals surface area contributed by atoms with Crippen LogP contribution in [0.5, 0.6) is 0 Å². The van der Waals surface area contributed by atoms with Crippen molar-refractivity contribution in [2.45, 2.75) is 70.9 Å². The second kappa shape index (κ2) is 7.62. The maximum atomic E-state index is 12.9. The number of nitrogens with zero attached hydrogens (tertiary/aromatic N) is 1. The Morgan fingerprint density at radius 2 is 2.10 bits per heavy atom. The fourth-order valence-electron chi connectivity index (χ4n) is 3.01. The van der Waals surface area contributed by atoms with Crippen molar-refractivity contribution in [3.05, 3.63) is 0 Å². The summed E-state index contributed by atoms with van der Waals surface area (Å²) >= 11 is 0. The van der Waals surface area contributed by atoms with Gasteiger partial charge in [0.15, 0.2) is 0 Å². The Balaban J connectivity index is 2.73. The average Bonchev–Trinajstić information content (AvgIpc) is 2.83. The number of carbonyl (C=O) groups excluding carboxylic acids is 1. The quantitative estimate of drug-likeness (QED) is 0.715. The van der Waals surface area contributed by atoms with Gasteiger partial charge in [-0.15, -0.1) is 0 Å². The van der Waals surface area contributed by atoms with Gasteiger partial charge in [0.25, 0.3) is 0 Å². The lowest BCUT2D eigenvalue weighted by molar-refractivity contribution is -0.142. The molecular formula is C15H28N2O3.